The van der Waals surface area contributed by atoms with Crippen molar-refractivity contribution in [3.8, 4) is 0 Å². The Morgan fingerprint density at radius 2 is 2.10 bits per heavy atom. The summed E-state index contributed by atoms with van der Waals surface area (Å²) in [4.78, 5) is 15.4. The molecule has 1 amide bonds. The molecule has 0 unspecified atom stereocenters. The van der Waals surface area contributed by atoms with Crippen LogP contribution in [0.15, 0.2) is 34.9 Å². The highest BCUT2D eigenvalue weighted by atomic mass is 79.9. The summed E-state index contributed by atoms with van der Waals surface area (Å²) < 4.78 is 27.2. The van der Waals surface area contributed by atoms with E-state index in [0.29, 0.717) is 10.0 Å². The molecule has 0 atom stereocenters. The van der Waals surface area contributed by atoms with Crippen LogP contribution in [0.5, 0.6) is 0 Å². The first-order chi connectivity index (χ1) is 9.47. The Kier molecular flexibility index (Phi) is 4.67. The second kappa shape index (κ2) is 6.28. The van der Waals surface area contributed by atoms with Gasteiger partial charge in [0.1, 0.15) is 16.8 Å². The highest BCUT2D eigenvalue weighted by Crippen LogP contribution is 2.17. The predicted molar refractivity (Wildman–Crippen MR) is 74.5 cm³/mol. The number of benzene rings is 1. The molecule has 20 heavy (non-hydrogen) atoms. The Balaban J connectivity index is 2.12. The lowest BCUT2D eigenvalue weighted by molar-refractivity contribution is 0.0950. The first-order valence-electron chi connectivity index (χ1n) is 5.50. The number of hydrogen-bond acceptors (Lipinski definition) is 2. The molecule has 0 bridgehead atoms. The fourth-order valence-electron chi connectivity index (χ4n) is 1.53. The monoisotopic (exact) mass is 360 g/mol. The molecule has 104 valence electrons. The van der Waals surface area contributed by atoms with Crippen LogP contribution in [0.2, 0.25) is 5.15 Å². The van der Waals surface area contributed by atoms with E-state index in [9.17, 15) is 13.6 Å². The smallest absolute Gasteiger partial charge is 0.254 e. The zero-order valence-corrected chi connectivity index (χ0v) is 12.3. The Bertz CT molecular complexity index is 667. The third kappa shape index (κ3) is 3.52. The van der Waals surface area contributed by atoms with E-state index in [0.717, 1.165) is 12.3 Å². The molecule has 1 N–H and O–H groups in total. The highest BCUT2D eigenvalue weighted by molar-refractivity contribution is 9.10. The summed E-state index contributed by atoms with van der Waals surface area (Å²) in [6, 6.07) is 5.35. The number of hydrogen-bond donors (Lipinski definition) is 1. The molecule has 2 aromatic rings. The van der Waals surface area contributed by atoms with E-state index >= 15 is 0 Å². The van der Waals surface area contributed by atoms with Gasteiger partial charge in [0.15, 0.2) is 0 Å². The van der Waals surface area contributed by atoms with Crippen LogP contribution in [0.25, 0.3) is 0 Å². The minimum atomic E-state index is -0.673. The van der Waals surface area contributed by atoms with Crippen LogP contribution >= 0.6 is 27.5 Å². The number of aromatic nitrogens is 1. The molecular formula is C13H8BrClF2N2O. The molecule has 7 heteroatoms. The van der Waals surface area contributed by atoms with Gasteiger partial charge in [-0.2, -0.15) is 0 Å². The van der Waals surface area contributed by atoms with Crippen molar-refractivity contribution in [3.63, 3.8) is 0 Å². The quantitative estimate of drug-likeness (QED) is 0.847. The molecule has 0 aliphatic carbocycles. The Morgan fingerprint density at radius 3 is 2.85 bits per heavy atom. The second-order valence-corrected chi connectivity index (χ2v) is 5.18. The van der Waals surface area contributed by atoms with Gasteiger partial charge in [-0.1, -0.05) is 27.5 Å². The number of halogens is 4. The minimum absolute atomic E-state index is 0.0447. The lowest BCUT2D eigenvalue weighted by atomic mass is 10.2. The molecule has 0 aliphatic rings. The van der Waals surface area contributed by atoms with Crippen LogP contribution in [0, 0.1) is 11.6 Å². The first-order valence-corrected chi connectivity index (χ1v) is 6.67. The standard InChI is InChI=1S/C13H8BrClF2N2O/c14-8-1-2-11(17)7(3-8)5-19-13(20)10-4-9(16)6-18-12(10)15/h1-4,6H,5H2,(H,19,20). The number of carbonyl (C=O) groups is 1. The van der Waals surface area contributed by atoms with Gasteiger partial charge in [-0.05, 0) is 24.3 Å². The molecule has 0 saturated heterocycles. The molecule has 3 nitrogen and oxygen atoms in total. The lowest BCUT2D eigenvalue weighted by Crippen LogP contribution is -2.24. The molecule has 1 aromatic heterocycles. The van der Waals surface area contributed by atoms with Crippen molar-refractivity contribution in [2.75, 3.05) is 0 Å². The van der Waals surface area contributed by atoms with Gasteiger partial charge in [-0.25, -0.2) is 13.8 Å². The lowest BCUT2D eigenvalue weighted by Gasteiger charge is -2.08. The number of rotatable bonds is 3. The summed E-state index contributed by atoms with van der Waals surface area (Å²) in [5.41, 5.74) is 0.204. The minimum Gasteiger partial charge on any atom is -0.348 e. The van der Waals surface area contributed by atoms with Crippen LogP contribution in [-0.2, 0) is 6.54 Å². The maximum atomic E-state index is 13.5. The third-order valence-electron chi connectivity index (χ3n) is 2.50. The van der Waals surface area contributed by atoms with E-state index in [1.807, 2.05) is 0 Å². The second-order valence-electron chi connectivity index (χ2n) is 3.91. The number of carbonyl (C=O) groups excluding carboxylic acids is 1. The van der Waals surface area contributed by atoms with Gasteiger partial charge in [0.25, 0.3) is 5.91 Å². The Morgan fingerprint density at radius 1 is 1.35 bits per heavy atom. The van der Waals surface area contributed by atoms with Crippen LogP contribution in [0.4, 0.5) is 8.78 Å². The predicted octanol–water partition coefficient (Wildman–Crippen LogP) is 3.71. The van der Waals surface area contributed by atoms with Crippen molar-refractivity contribution in [1.29, 1.82) is 0 Å². The summed E-state index contributed by atoms with van der Waals surface area (Å²) in [5, 5.41) is 2.35. The number of nitrogens with zero attached hydrogens (tertiary/aromatic N) is 1. The van der Waals surface area contributed by atoms with Crippen LogP contribution in [0.1, 0.15) is 15.9 Å². The normalized spacial score (nSPS) is 10.4. The first kappa shape index (κ1) is 14.9. The van der Waals surface area contributed by atoms with E-state index in [1.165, 1.54) is 6.07 Å². The largest absolute Gasteiger partial charge is 0.348 e. The highest BCUT2D eigenvalue weighted by Gasteiger charge is 2.13. The Hall–Kier alpha value is -1.53. The number of pyridine rings is 1. The number of amides is 1. The van der Waals surface area contributed by atoms with Crippen molar-refractivity contribution < 1.29 is 13.6 Å². The topological polar surface area (TPSA) is 42.0 Å². The molecule has 0 fully saturated rings. The SMILES string of the molecule is O=C(NCc1cc(Br)ccc1F)c1cc(F)cnc1Cl. The van der Waals surface area contributed by atoms with Crippen LogP contribution in [-0.4, -0.2) is 10.9 Å². The van der Waals surface area contributed by atoms with Crippen LogP contribution < -0.4 is 5.32 Å². The fraction of sp³-hybridized carbons (Fsp3) is 0.0769. The maximum absolute atomic E-state index is 13.5. The van der Waals surface area contributed by atoms with Crippen molar-refractivity contribution in [2.24, 2.45) is 0 Å². The van der Waals surface area contributed by atoms with E-state index in [4.69, 9.17) is 11.6 Å². The molecule has 0 aliphatic heterocycles. The summed E-state index contributed by atoms with van der Waals surface area (Å²) in [5.74, 6) is -1.74. The van der Waals surface area contributed by atoms with Gasteiger partial charge < -0.3 is 5.32 Å². The summed E-state index contributed by atoms with van der Waals surface area (Å²) in [6.07, 6.45) is 0.910. The van der Waals surface area contributed by atoms with E-state index in [-0.39, 0.29) is 17.3 Å². The average Bonchev–Trinajstić information content (AvgIpc) is 2.42. The summed E-state index contributed by atoms with van der Waals surface area (Å²) in [6.45, 7) is -0.0447. The van der Waals surface area contributed by atoms with E-state index in [1.54, 1.807) is 12.1 Å². The van der Waals surface area contributed by atoms with Gasteiger partial charge >= 0.3 is 0 Å². The molecule has 0 spiro atoms. The van der Waals surface area contributed by atoms with Crippen molar-refractivity contribution in [2.45, 2.75) is 6.54 Å². The fourth-order valence-corrected chi connectivity index (χ4v) is 2.13. The van der Waals surface area contributed by atoms with Crippen molar-refractivity contribution in [3.05, 3.63) is 62.8 Å². The molecular weight excluding hydrogens is 354 g/mol. The van der Waals surface area contributed by atoms with Gasteiger partial charge in [0.2, 0.25) is 0 Å². The molecule has 0 radical (unpaired) electrons. The molecule has 1 heterocycles. The third-order valence-corrected chi connectivity index (χ3v) is 3.29. The maximum Gasteiger partial charge on any atom is 0.254 e. The summed E-state index contributed by atoms with van der Waals surface area (Å²) in [7, 11) is 0. The zero-order valence-electron chi connectivity index (χ0n) is 9.96. The summed E-state index contributed by atoms with van der Waals surface area (Å²) >= 11 is 8.92. The molecule has 0 saturated carbocycles. The van der Waals surface area contributed by atoms with Crippen molar-refractivity contribution >= 4 is 33.4 Å². The zero-order chi connectivity index (χ0) is 14.7. The van der Waals surface area contributed by atoms with Gasteiger partial charge in [0, 0.05) is 16.6 Å². The molecule has 2 rings (SSSR count). The Labute approximate surface area is 127 Å². The van der Waals surface area contributed by atoms with Gasteiger partial charge in [-0.15, -0.1) is 0 Å². The molecule has 1 aromatic carbocycles. The average molecular weight is 362 g/mol. The van der Waals surface area contributed by atoms with E-state index < -0.39 is 17.5 Å². The van der Waals surface area contributed by atoms with E-state index in [2.05, 4.69) is 26.2 Å². The number of nitrogens with one attached hydrogen (secondary N) is 1. The van der Waals surface area contributed by atoms with Gasteiger partial charge in [0.05, 0.1) is 11.8 Å². The van der Waals surface area contributed by atoms with Gasteiger partial charge in [-0.3, -0.25) is 4.79 Å². The van der Waals surface area contributed by atoms with Crippen LogP contribution in [0.3, 0.4) is 0 Å². The van der Waals surface area contributed by atoms with Crippen molar-refractivity contribution in [1.82, 2.24) is 10.3 Å².